The fraction of sp³-hybridized carbons (Fsp3) is 0.0556. The molecule has 2 heterocycles. The van der Waals surface area contributed by atoms with Crippen LogP contribution in [0.1, 0.15) is 16.3 Å². The molecule has 1 N–H and O–H groups in total. The van der Waals surface area contributed by atoms with E-state index in [0.717, 1.165) is 11.3 Å². The van der Waals surface area contributed by atoms with Crippen molar-refractivity contribution in [2.75, 3.05) is 5.32 Å². The van der Waals surface area contributed by atoms with Crippen molar-refractivity contribution in [1.82, 2.24) is 25.1 Å². The van der Waals surface area contributed by atoms with Gasteiger partial charge in [0.05, 0.1) is 11.9 Å². The lowest BCUT2D eigenvalue weighted by Crippen LogP contribution is -2.13. The van der Waals surface area contributed by atoms with Gasteiger partial charge < -0.3 is 9.84 Å². The highest BCUT2D eigenvalue weighted by Crippen LogP contribution is 2.20. The second kappa shape index (κ2) is 6.60. The summed E-state index contributed by atoms with van der Waals surface area (Å²) in [6.07, 6.45) is 1.43. The first-order valence-electron chi connectivity index (χ1n) is 7.89. The van der Waals surface area contributed by atoms with Crippen LogP contribution in [0.3, 0.4) is 0 Å². The Bertz CT molecular complexity index is 1040. The number of aromatic nitrogens is 5. The van der Waals surface area contributed by atoms with Crippen molar-refractivity contribution in [2.24, 2.45) is 0 Å². The van der Waals surface area contributed by atoms with Crippen LogP contribution in [0.2, 0.25) is 0 Å². The second-order valence-corrected chi connectivity index (χ2v) is 5.53. The summed E-state index contributed by atoms with van der Waals surface area (Å²) in [6, 6.07) is 16.5. The fourth-order valence-electron chi connectivity index (χ4n) is 2.36. The molecule has 0 atom stereocenters. The number of rotatable bonds is 4. The maximum atomic E-state index is 12.3. The zero-order chi connectivity index (χ0) is 17.9. The second-order valence-electron chi connectivity index (χ2n) is 5.53. The third kappa shape index (κ3) is 3.20. The lowest BCUT2D eigenvalue weighted by atomic mass is 10.2. The molecule has 0 fully saturated rings. The Morgan fingerprint density at radius 1 is 1.08 bits per heavy atom. The van der Waals surface area contributed by atoms with E-state index in [2.05, 4.69) is 25.7 Å². The van der Waals surface area contributed by atoms with E-state index in [1.165, 1.54) is 11.0 Å². The van der Waals surface area contributed by atoms with Gasteiger partial charge in [-0.15, -0.1) is 5.10 Å². The minimum atomic E-state index is -0.339. The highest BCUT2D eigenvalue weighted by atomic mass is 16.5. The van der Waals surface area contributed by atoms with Gasteiger partial charge in [0.25, 0.3) is 11.8 Å². The number of aryl methyl sites for hydroxylation is 1. The molecule has 8 heteroatoms. The van der Waals surface area contributed by atoms with E-state index in [-0.39, 0.29) is 11.6 Å². The number of amides is 1. The van der Waals surface area contributed by atoms with Crippen molar-refractivity contribution in [3.63, 3.8) is 0 Å². The molecule has 0 saturated heterocycles. The molecule has 2 aromatic heterocycles. The van der Waals surface area contributed by atoms with Crippen LogP contribution in [-0.2, 0) is 0 Å². The molecule has 4 aromatic rings. The summed E-state index contributed by atoms with van der Waals surface area (Å²) < 4.78 is 5.12. The van der Waals surface area contributed by atoms with Crippen LogP contribution in [0.5, 0.6) is 0 Å². The smallest absolute Gasteiger partial charge is 0.277 e. The number of benzene rings is 2. The van der Waals surface area contributed by atoms with Gasteiger partial charge in [0.1, 0.15) is 0 Å². The molecule has 2 aromatic carbocycles. The van der Waals surface area contributed by atoms with Crippen LogP contribution in [0.25, 0.3) is 17.1 Å². The predicted molar refractivity (Wildman–Crippen MR) is 93.8 cm³/mol. The van der Waals surface area contributed by atoms with Gasteiger partial charge >= 0.3 is 0 Å². The van der Waals surface area contributed by atoms with Gasteiger partial charge in [-0.25, -0.2) is 0 Å². The summed E-state index contributed by atoms with van der Waals surface area (Å²) >= 11 is 0. The summed E-state index contributed by atoms with van der Waals surface area (Å²) in [7, 11) is 0. The monoisotopic (exact) mass is 346 g/mol. The molecule has 1 amide bonds. The lowest BCUT2D eigenvalue weighted by Gasteiger charge is -2.03. The molecule has 0 bridgehead atoms. The van der Waals surface area contributed by atoms with E-state index in [1.807, 2.05) is 30.3 Å². The zero-order valence-corrected chi connectivity index (χ0v) is 13.8. The average molecular weight is 346 g/mol. The van der Waals surface area contributed by atoms with Crippen LogP contribution in [-0.4, -0.2) is 31.0 Å². The Balaban J connectivity index is 1.47. The third-order valence-corrected chi connectivity index (χ3v) is 3.63. The number of nitrogens with one attached hydrogen (secondary N) is 1. The summed E-state index contributed by atoms with van der Waals surface area (Å²) in [6.45, 7) is 1.75. The van der Waals surface area contributed by atoms with Crippen molar-refractivity contribution in [3.05, 3.63) is 72.3 Å². The number of hydrogen-bond donors (Lipinski definition) is 1. The Morgan fingerprint density at radius 3 is 2.54 bits per heavy atom. The average Bonchev–Trinajstić information content (AvgIpc) is 3.32. The van der Waals surface area contributed by atoms with E-state index >= 15 is 0 Å². The van der Waals surface area contributed by atoms with E-state index in [9.17, 15) is 4.79 Å². The summed E-state index contributed by atoms with van der Waals surface area (Å²) in [5, 5.41) is 14.9. The Labute approximate surface area is 148 Å². The van der Waals surface area contributed by atoms with Crippen LogP contribution in [0, 0.1) is 6.92 Å². The number of carbonyl (C=O) groups excluding carboxylic acids is 1. The van der Waals surface area contributed by atoms with Gasteiger partial charge in [0.15, 0.2) is 11.5 Å². The number of anilines is 1. The molecule has 0 radical (unpaired) electrons. The van der Waals surface area contributed by atoms with E-state index in [4.69, 9.17) is 4.52 Å². The molecule has 0 spiro atoms. The molecule has 0 aliphatic heterocycles. The molecular formula is C18H14N6O2. The van der Waals surface area contributed by atoms with Crippen LogP contribution in [0.15, 0.2) is 65.3 Å². The standard InChI is InChI=1S/C18H14N6O2/c1-12-20-18(26-23-12)13-7-9-14(10-8-13)21-17(25)16-11-19-24(22-16)15-5-3-2-4-6-15/h2-11H,1H3,(H,21,25). The molecule has 0 saturated carbocycles. The molecule has 8 nitrogen and oxygen atoms in total. The molecule has 0 aliphatic carbocycles. The maximum absolute atomic E-state index is 12.3. The van der Waals surface area contributed by atoms with E-state index < -0.39 is 0 Å². The van der Waals surface area contributed by atoms with Crippen LogP contribution in [0.4, 0.5) is 5.69 Å². The van der Waals surface area contributed by atoms with Gasteiger partial charge in [-0.3, -0.25) is 4.79 Å². The Hall–Kier alpha value is -3.81. The predicted octanol–water partition coefficient (Wildman–Crippen LogP) is 2.88. The number of hydrogen-bond acceptors (Lipinski definition) is 6. The topological polar surface area (TPSA) is 98.7 Å². The van der Waals surface area contributed by atoms with E-state index in [1.54, 1.807) is 31.2 Å². The minimum Gasteiger partial charge on any atom is -0.334 e. The fourth-order valence-corrected chi connectivity index (χ4v) is 2.36. The van der Waals surface area contributed by atoms with Gasteiger partial charge in [-0.2, -0.15) is 14.9 Å². The Morgan fingerprint density at radius 2 is 1.85 bits per heavy atom. The highest BCUT2D eigenvalue weighted by Gasteiger charge is 2.12. The van der Waals surface area contributed by atoms with Crippen molar-refractivity contribution in [1.29, 1.82) is 0 Å². The molecule has 0 unspecified atom stereocenters. The van der Waals surface area contributed by atoms with Crippen molar-refractivity contribution < 1.29 is 9.32 Å². The third-order valence-electron chi connectivity index (χ3n) is 3.63. The molecule has 128 valence electrons. The van der Waals surface area contributed by atoms with Gasteiger partial charge in [0, 0.05) is 11.3 Å². The molecular weight excluding hydrogens is 332 g/mol. The van der Waals surface area contributed by atoms with Crippen molar-refractivity contribution in [2.45, 2.75) is 6.92 Å². The first-order valence-corrected chi connectivity index (χ1v) is 7.89. The molecule has 4 rings (SSSR count). The van der Waals surface area contributed by atoms with Crippen molar-refractivity contribution >= 4 is 11.6 Å². The lowest BCUT2D eigenvalue weighted by molar-refractivity contribution is 0.102. The van der Waals surface area contributed by atoms with Crippen LogP contribution >= 0.6 is 0 Å². The quantitative estimate of drug-likeness (QED) is 0.610. The van der Waals surface area contributed by atoms with Crippen LogP contribution < -0.4 is 5.32 Å². The zero-order valence-electron chi connectivity index (χ0n) is 13.8. The minimum absolute atomic E-state index is 0.227. The van der Waals surface area contributed by atoms with Crippen molar-refractivity contribution in [3.8, 4) is 17.1 Å². The van der Waals surface area contributed by atoms with Gasteiger partial charge in [-0.05, 0) is 43.3 Å². The largest absolute Gasteiger partial charge is 0.334 e. The number of nitrogens with zero attached hydrogens (tertiary/aromatic N) is 5. The maximum Gasteiger partial charge on any atom is 0.277 e. The SMILES string of the molecule is Cc1noc(-c2ccc(NC(=O)c3cnn(-c4ccccc4)n3)cc2)n1. The highest BCUT2D eigenvalue weighted by molar-refractivity contribution is 6.02. The molecule has 26 heavy (non-hydrogen) atoms. The first kappa shape index (κ1) is 15.7. The van der Waals surface area contributed by atoms with Gasteiger partial charge in [0.2, 0.25) is 0 Å². The number of carbonyl (C=O) groups is 1. The van der Waals surface area contributed by atoms with E-state index in [0.29, 0.717) is 17.4 Å². The first-order chi connectivity index (χ1) is 12.7. The summed E-state index contributed by atoms with van der Waals surface area (Å²) in [5.41, 5.74) is 2.42. The van der Waals surface area contributed by atoms with Gasteiger partial charge in [-0.1, -0.05) is 23.4 Å². The Kier molecular flexibility index (Phi) is 3.98. The molecule has 0 aliphatic rings. The normalized spacial score (nSPS) is 10.7. The summed E-state index contributed by atoms with van der Waals surface area (Å²) in [4.78, 5) is 17.9. The number of para-hydroxylation sites is 1. The summed E-state index contributed by atoms with van der Waals surface area (Å²) in [5.74, 6) is 0.665.